The van der Waals surface area contributed by atoms with Crippen LogP contribution in [0.5, 0.6) is 0 Å². The van der Waals surface area contributed by atoms with E-state index in [2.05, 4.69) is 0 Å². The molecule has 16 heavy (non-hydrogen) atoms. The quantitative estimate of drug-likeness (QED) is 0.742. The minimum Gasteiger partial charge on any atom is -0.611 e. The molecule has 0 saturated heterocycles. The van der Waals surface area contributed by atoms with Gasteiger partial charge >= 0.3 is 0 Å². The van der Waals surface area contributed by atoms with E-state index in [1.165, 1.54) is 5.56 Å². The molecular weight excluding hydrogens is 216 g/mol. The van der Waals surface area contributed by atoms with Crippen molar-refractivity contribution < 1.29 is 4.55 Å². The fourth-order valence-corrected chi connectivity index (χ4v) is 2.60. The van der Waals surface area contributed by atoms with Gasteiger partial charge in [0.1, 0.15) is 5.75 Å². The summed E-state index contributed by atoms with van der Waals surface area (Å²) in [4.78, 5) is 0.898. The van der Waals surface area contributed by atoms with Crippen molar-refractivity contribution in [2.75, 3.05) is 0 Å². The summed E-state index contributed by atoms with van der Waals surface area (Å²) in [7, 11) is 0. The molecule has 82 valence electrons. The lowest BCUT2D eigenvalue weighted by Crippen LogP contribution is -2.04. The van der Waals surface area contributed by atoms with Gasteiger partial charge in [-0.3, -0.25) is 0 Å². The lowest BCUT2D eigenvalue weighted by Gasteiger charge is -2.10. The van der Waals surface area contributed by atoms with Crippen molar-refractivity contribution in [1.82, 2.24) is 0 Å². The first-order valence-electron chi connectivity index (χ1n) is 5.25. The van der Waals surface area contributed by atoms with Gasteiger partial charge < -0.3 is 4.55 Å². The van der Waals surface area contributed by atoms with E-state index >= 15 is 0 Å². The summed E-state index contributed by atoms with van der Waals surface area (Å²) in [6.07, 6.45) is 0. The number of hydrogen-bond acceptors (Lipinski definition) is 1. The highest BCUT2D eigenvalue weighted by Crippen LogP contribution is 2.16. The summed E-state index contributed by atoms with van der Waals surface area (Å²) in [5.74, 6) is 0.587. The van der Waals surface area contributed by atoms with Crippen LogP contribution in [-0.2, 0) is 16.9 Å². The van der Waals surface area contributed by atoms with Gasteiger partial charge in [-0.2, -0.15) is 0 Å². The first-order chi connectivity index (χ1) is 7.75. The summed E-state index contributed by atoms with van der Waals surface area (Å²) in [6, 6.07) is 17.8. The smallest absolute Gasteiger partial charge is 0.153 e. The van der Waals surface area contributed by atoms with Crippen LogP contribution < -0.4 is 0 Å². The molecule has 1 unspecified atom stereocenters. The molecular formula is C14H14OS. The molecule has 1 atom stereocenters. The van der Waals surface area contributed by atoms with E-state index in [4.69, 9.17) is 0 Å². The number of benzene rings is 2. The Hall–Kier alpha value is -1.25. The Balaban J connectivity index is 2.09. The summed E-state index contributed by atoms with van der Waals surface area (Å²) < 4.78 is 12.0. The van der Waals surface area contributed by atoms with Gasteiger partial charge in [0.2, 0.25) is 0 Å². The van der Waals surface area contributed by atoms with Gasteiger partial charge in [-0.15, -0.1) is 0 Å². The van der Waals surface area contributed by atoms with E-state index in [9.17, 15) is 4.55 Å². The van der Waals surface area contributed by atoms with Crippen LogP contribution >= 0.6 is 0 Å². The molecule has 0 saturated carbocycles. The minimum atomic E-state index is -0.943. The molecule has 0 aliphatic heterocycles. The van der Waals surface area contributed by atoms with Gasteiger partial charge in [-0.25, -0.2) is 0 Å². The highest BCUT2D eigenvalue weighted by Gasteiger charge is 2.10. The van der Waals surface area contributed by atoms with Crippen LogP contribution in [0.4, 0.5) is 0 Å². The van der Waals surface area contributed by atoms with Crippen LogP contribution in [0.1, 0.15) is 11.1 Å². The van der Waals surface area contributed by atoms with Crippen LogP contribution in [0.3, 0.4) is 0 Å². The maximum atomic E-state index is 12.0. The molecule has 2 rings (SSSR count). The van der Waals surface area contributed by atoms with Crippen molar-refractivity contribution >= 4 is 11.2 Å². The fraction of sp³-hybridized carbons (Fsp3) is 0.143. The summed E-state index contributed by atoms with van der Waals surface area (Å²) in [5.41, 5.74) is 2.31. The zero-order chi connectivity index (χ0) is 11.4. The van der Waals surface area contributed by atoms with E-state index < -0.39 is 11.2 Å². The average molecular weight is 230 g/mol. The van der Waals surface area contributed by atoms with Crippen molar-refractivity contribution in [2.24, 2.45) is 0 Å². The molecule has 0 aliphatic rings. The van der Waals surface area contributed by atoms with Crippen molar-refractivity contribution in [3.05, 3.63) is 65.7 Å². The lowest BCUT2D eigenvalue weighted by molar-refractivity contribution is 0.594. The van der Waals surface area contributed by atoms with Crippen LogP contribution in [0.25, 0.3) is 0 Å². The third-order valence-electron chi connectivity index (χ3n) is 2.42. The standard InChI is InChI=1S/C14H14OS/c1-12-7-9-14(10-8-12)16(15)11-13-5-3-2-4-6-13/h2-10H,11H2,1H3. The normalized spacial score (nSPS) is 12.4. The van der Waals surface area contributed by atoms with Gasteiger partial charge in [-0.05, 0) is 30.2 Å². The molecule has 2 heteroatoms. The molecule has 1 nitrogen and oxygen atoms in total. The molecule has 0 aromatic heterocycles. The van der Waals surface area contributed by atoms with Gasteiger partial charge in [0.05, 0.1) is 0 Å². The molecule has 0 amide bonds. The second-order valence-electron chi connectivity index (χ2n) is 3.79. The second-order valence-corrected chi connectivity index (χ2v) is 5.24. The SMILES string of the molecule is Cc1ccc([S+]([O-])Cc2ccccc2)cc1. The van der Waals surface area contributed by atoms with E-state index in [1.54, 1.807) is 0 Å². The maximum Gasteiger partial charge on any atom is 0.153 e. The molecule has 2 aromatic carbocycles. The molecule has 0 bridgehead atoms. The third kappa shape index (κ3) is 2.87. The summed E-state index contributed by atoms with van der Waals surface area (Å²) in [5, 5.41) is 0. The zero-order valence-corrected chi connectivity index (χ0v) is 10.0. The van der Waals surface area contributed by atoms with Gasteiger partial charge in [0.25, 0.3) is 0 Å². The Labute approximate surface area is 99.3 Å². The van der Waals surface area contributed by atoms with Crippen LogP contribution in [0, 0.1) is 6.92 Å². The Kier molecular flexibility index (Phi) is 3.65. The van der Waals surface area contributed by atoms with E-state index in [-0.39, 0.29) is 0 Å². The molecule has 0 radical (unpaired) electrons. The third-order valence-corrected chi connectivity index (χ3v) is 3.82. The van der Waals surface area contributed by atoms with Crippen LogP contribution in [-0.4, -0.2) is 4.55 Å². The predicted molar refractivity (Wildman–Crippen MR) is 67.7 cm³/mol. The predicted octanol–water partition coefficient (Wildman–Crippen LogP) is 3.30. The van der Waals surface area contributed by atoms with Crippen LogP contribution in [0.2, 0.25) is 0 Å². The zero-order valence-electron chi connectivity index (χ0n) is 9.22. The Morgan fingerprint density at radius 2 is 1.56 bits per heavy atom. The van der Waals surface area contributed by atoms with E-state index in [0.29, 0.717) is 5.75 Å². The topological polar surface area (TPSA) is 23.1 Å². The largest absolute Gasteiger partial charge is 0.611 e. The van der Waals surface area contributed by atoms with Crippen LogP contribution in [0.15, 0.2) is 59.5 Å². The summed E-state index contributed by atoms with van der Waals surface area (Å²) >= 11 is -0.943. The minimum absolute atomic E-state index is 0.587. The number of hydrogen-bond donors (Lipinski definition) is 0. The van der Waals surface area contributed by atoms with Gasteiger partial charge in [-0.1, -0.05) is 48.0 Å². The Morgan fingerprint density at radius 3 is 2.19 bits per heavy atom. The van der Waals surface area contributed by atoms with E-state index in [0.717, 1.165) is 10.5 Å². The fourth-order valence-electron chi connectivity index (χ4n) is 1.50. The molecule has 0 aliphatic carbocycles. The Morgan fingerprint density at radius 1 is 0.938 bits per heavy atom. The first-order valence-corrected chi connectivity index (χ1v) is 6.56. The molecule has 2 aromatic rings. The number of aryl methyl sites for hydroxylation is 1. The highest BCUT2D eigenvalue weighted by molar-refractivity contribution is 7.90. The molecule has 0 spiro atoms. The monoisotopic (exact) mass is 230 g/mol. The number of rotatable bonds is 3. The van der Waals surface area contributed by atoms with Gasteiger partial charge in [0.15, 0.2) is 4.90 Å². The Bertz CT molecular complexity index is 436. The molecule has 0 fully saturated rings. The summed E-state index contributed by atoms with van der Waals surface area (Å²) in [6.45, 7) is 2.03. The van der Waals surface area contributed by atoms with Crippen molar-refractivity contribution in [3.63, 3.8) is 0 Å². The average Bonchev–Trinajstić information content (AvgIpc) is 2.31. The van der Waals surface area contributed by atoms with Crippen molar-refractivity contribution in [1.29, 1.82) is 0 Å². The molecule has 0 heterocycles. The van der Waals surface area contributed by atoms with Gasteiger partial charge in [0, 0.05) is 5.56 Å². The second kappa shape index (κ2) is 5.19. The van der Waals surface area contributed by atoms with Crippen molar-refractivity contribution in [3.8, 4) is 0 Å². The van der Waals surface area contributed by atoms with E-state index in [1.807, 2.05) is 61.5 Å². The first kappa shape index (κ1) is 11.2. The maximum absolute atomic E-state index is 12.0. The molecule has 0 N–H and O–H groups in total. The highest BCUT2D eigenvalue weighted by atomic mass is 32.2. The van der Waals surface area contributed by atoms with Crippen molar-refractivity contribution in [2.45, 2.75) is 17.6 Å². The lowest BCUT2D eigenvalue weighted by atomic mass is 10.2.